The predicted octanol–water partition coefficient (Wildman–Crippen LogP) is 2.39. The van der Waals surface area contributed by atoms with Crippen molar-refractivity contribution in [3.8, 4) is 0 Å². The Hall–Kier alpha value is -1.13. The largest absolute Gasteiger partial charge is 0.312 e. The van der Waals surface area contributed by atoms with Gasteiger partial charge in [-0.15, -0.1) is 0 Å². The average Bonchev–Trinajstić information content (AvgIpc) is 3.00. The number of allylic oxidation sites excluding steroid dienone is 2. The summed E-state index contributed by atoms with van der Waals surface area (Å²) in [5.41, 5.74) is 1.14. The Morgan fingerprint density at radius 3 is 2.45 bits per heavy atom. The SMILES string of the molecule is CS(=O)(=O)c1ccc(CNCC2CC3C=CC2C3)cc1. The van der Waals surface area contributed by atoms with E-state index in [1.54, 1.807) is 12.1 Å². The van der Waals surface area contributed by atoms with E-state index in [1.807, 2.05) is 12.1 Å². The van der Waals surface area contributed by atoms with Gasteiger partial charge in [-0.25, -0.2) is 8.42 Å². The van der Waals surface area contributed by atoms with Gasteiger partial charge in [0.15, 0.2) is 9.84 Å². The van der Waals surface area contributed by atoms with E-state index in [0.29, 0.717) is 4.90 Å². The van der Waals surface area contributed by atoms with Crippen LogP contribution >= 0.6 is 0 Å². The van der Waals surface area contributed by atoms with Crippen molar-refractivity contribution in [2.75, 3.05) is 12.8 Å². The van der Waals surface area contributed by atoms with Gasteiger partial charge in [0.25, 0.3) is 0 Å². The molecule has 1 aromatic carbocycles. The Kier molecular flexibility index (Phi) is 3.69. The lowest BCUT2D eigenvalue weighted by Gasteiger charge is -2.18. The van der Waals surface area contributed by atoms with E-state index in [4.69, 9.17) is 0 Å². The molecular formula is C16H21NO2S. The zero-order chi connectivity index (χ0) is 14.2. The Bertz CT molecular complexity index is 604. The molecule has 1 aromatic rings. The Balaban J connectivity index is 1.50. The quantitative estimate of drug-likeness (QED) is 0.847. The van der Waals surface area contributed by atoms with Gasteiger partial charge in [-0.2, -0.15) is 0 Å². The minimum Gasteiger partial charge on any atom is -0.312 e. The lowest BCUT2D eigenvalue weighted by Crippen LogP contribution is -2.25. The summed E-state index contributed by atoms with van der Waals surface area (Å²) >= 11 is 0. The summed E-state index contributed by atoms with van der Waals surface area (Å²) in [6.45, 7) is 1.86. The van der Waals surface area contributed by atoms with E-state index in [9.17, 15) is 8.42 Å². The third-order valence-corrected chi connectivity index (χ3v) is 5.63. The molecule has 0 aromatic heterocycles. The van der Waals surface area contributed by atoms with Crippen LogP contribution in [0.15, 0.2) is 41.3 Å². The molecule has 4 heteroatoms. The number of rotatable bonds is 5. The summed E-state index contributed by atoms with van der Waals surface area (Å²) in [4.78, 5) is 0.388. The van der Waals surface area contributed by atoms with Crippen LogP contribution in [-0.4, -0.2) is 21.2 Å². The van der Waals surface area contributed by atoms with Gasteiger partial charge in [-0.1, -0.05) is 24.3 Å². The normalized spacial score (nSPS) is 28.1. The molecule has 0 spiro atoms. The van der Waals surface area contributed by atoms with Crippen LogP contribution in [0.3, 0.4) is 0 Å². The Morgan fingerprint density at radius 2 is 1.90 bits per heavy atom. The van der Waals surface area contributed by atoms with Crippen molar-refractivity contribution in [1.82, 2.24) is 5.32 Å². The fourth-order valence-corrected chi connectivity index (χ4v) is 4.02. The van der Waals surface area contributed by atoms with Crippen molar-refractivity contribution in [1.29, 1.82) is 0 Å². The zero-order valence-corrected chi connectivity index (χ0v) is 12.6. The molecule has 1 N–H and O–H groups in total. The van der Waals surface area contributed by atoms with Crippen LogP contribution in [0.4, 0.5) is 0 Å². The Morgan fingerprint density at radius 1 is 1.15 bits per heavy atom. The topological polar surface area (TPSA) is 46.2 Å². The van der Waals surface area contributed by atoms with Crippen LogP contribution < -0.4 is 5.32 Å². The second-order valence-electron chi connectivity index (χ2n) is 6.09. The zero-order valence-electron chi connectivity index (χ0n) is 11.7. The van der Waals surface area contributed by atoms with Crippen molar-refractivity contribution in [2.45, 2.75) is 24.3 Å². The first-order chi connectivity index (χ1) is 9.52. The lowest BCUT2D eigenvalue weighted by atomic mass is 9.93. The van der Waals surface area contributed by atoms with Gasteiger partial charge in [-0.05, 0) is 54.8 Å². The third kappa shape index (κ3) is 2.96. The number of benzene rings is 1. The fourth-order valence-electron chi connectivity index (χ4n) is 3.39. The molecule has 3 atom stereocenters. The molecule has 2 bridgehead atoms. The number of fused-ring (bicyclic) bond motifs is 2. The first kappa shape index (κ1) is 13.8. The molecule has 20 heavy (non-hydrogen) atoms. The maximum absolute atomic E-state index is 11.4. The molecule has 0 saturated heterocycles. The molecule has 0 heterocycles. The van der Waals surface area contributed by atoms with Gasteiger partial charge in [-0.3, -0.25) is 0 Å². The predicted molar refractivity (Wildman–Crippen MR) is 80.1 cm³/mol. The van der Waals surface area contributed by atoms with Crippen LogP contribution in [0, 0.1) is 17.8 Å². The third-order valence-electron chi connectivity index (χ3n) is 4.50. The highest BCUT2D eigenvalue weighted by atomic mass is 32.2. The maximum atomic E-state index is 11.4. The molecule has 1 saturated carbocycles. The Labute approximate surface area is 121 Å². The van der Waals surface area contributed by atoms with Gasteiger partial charge in [0, 0.05) is 12.8 Å². The number of nitrogens with one attached hydrogen (secondary N) is 1. The maximum Gasteiger partial charge on any atom is 0.175 e. The molecule has 0 radical (unpaired) electrons. The summed E-state index contributed by atoms with van der Waals surface area (Å²) in [5.74, 6) is 2.38. The molecule has 3 rings (SSSR count). The molecule has 0 aliphatic heterocycles. The van der Waals surface area contributed by atoms with Gasteiger partial charge in [0.1, 0.15) is 0 Å². The molecule has 108 valence electrons. The number of hydrogen-bond donors (Lipinski definition) is 1. The van der Waals surface area contributed by atoms with E-state index in [1.165, 1.54) is 19.1 Å². The summed E-state index contributed by atoms with van der Waals surface area (Å²) in [6, 6.07) is 7.16. The van der Waals surface area contributed by atoms with E-state index in [0.717, 1.165) is 36.4 Å². The van der Waals surface area contributed by atoms with Crippen LogP contribution in [0.5, 0.6) is 0 Å². The highest BCUT2D eigenvalue weighted by Gasteiger charge is 2.34. The summed E-state index contributed by atoms with van der Waals surface area (Å²) in [7, 11) is -3.09. The van der Waals surface area contributed by atoms with Gasteiger partial charge < -0.3 is 5.32 Å². The lowest BCUT2D eigenvalue weighted by molar-refractivity contribution is 0.414. The molecule has 3 nitrogen and oxygen atoms in total. The molecule has 0 amide bonds. The van der Waals surface area contributed by atoms with Crippen LogP contribution in [-0.2, 0) is 16.4 Å². The first-order valence-corrected chi connectivity index (χ1v) is 9.09. The number of hydrogen-bond acceptors (Lipinski definition) is 3. The summed E-state index contributed by atoms with van der Waals surface area (Å²) in [6.07, 6.45) is 8.64. The second-order valence-corrected chi connectivity index (χ2v) is 8.10. The van der Waals surface area contributed by atoms with E-state index < -0.39 is 9.84 Å². The van der Waals surface area contributed by atoms with E-state index >= 15 is 0 Å². The molecule has 2 aliphatic carbocycles. The van der Waals surface area contributed by atoms with Crippen LogP contribution in [0.25, 0.3) is 0 Å². The highest BCUT2D eigenvalue weighted by molar-refractivity contribution is 7.90. The van der Waals surface area contributed by atoms with Crippen LogP contribution in [0.2, 0.25) is 0 Å². The molecular weight excluding hydrogens is 270 g/mol. The molecule has 1 fully saturated rings. The van der Waals surface area contributed by atoms with Crippen LogP contribution in [0.1, 0.15) is 18.4 Å². The first-order valence-electron chi connectivity index (χ1n) is 7.20. The van der Waals surface area contributed by atoms with Crippen molar-refractivity contribution < 1.29 is 8.42 Å². The highest BCUT2D eigenvalue weighted by Crippen LogP contribution is 2.42. The van der Waals surface area contributed by atoms with Gasteiger partial charge in [0.05, 0.1) is 4.90 Å². The minimum atomic E-state index is -3.09. The molecule has 2 aliphatic rings. The van der Waals surface area contributed by atoms with Crippen molar-refractivity contribution in [3.63, 3.8) is 0 Å². The monoisotopic (exact) mass is 291 g/mol. The second kappa shape index (κ2) is 5.34. The molecule has 3 unspecified atom stereocenters. The fraction of sp³-hybridized carbons (Fsp3) is 0.500. The van der Waals surface area contributed by atoms with Gasteiger partial charge in [0.2, 0.25) is 0 Å². The smallest absolute Gasteiger partial charge is 0.175 e. The van der Waals surface area contributed by atoms with E-state index in [2.05, 4.69) is 17.5 Å². The van der Waals surface area contributed by atoms with Gasteiger partial charge >= 0.3 is 0 Å². The van der Waals surface area contributed by atoms with Crippen molar-refractivity contribution in [2.24, 2.45) is 17.8 Å². The van der Waals surface area contributed by atoms with Crippen molar-refractivity contribution in [3.05, 3.63) is 42.0 Å². The average molecular weight is 291 g/mol. The minimum absolute atomic E-state index is 0.388. The standard InChI is InChI=1S/C16H21NO2S/c1-20(18,19)16-6-3-12(4-7-16)10-17-11-15-9-13-2-5-14(15)8-13/h2-7,13-15,17H,8-11H2,1H3. The summed E-state index contributed by atoms with van der Waals surface area (Å²) < 4.78 is 22.8. The van der Waals surface area contributed by atoms with E-state index in [-0.39, 0.29) is 0 Å². The number of sulfone groups is 1. The van der Waals surface area contributed by atoms with Crippen molar-refractivity contribution >= 4 is 9.84 Å². The summed E-state index contributed by atoms with van der Waals surface area (Å²) in [5, 5.41) is 3.50.